The number of ether oxygens (including phenoxy) is 1. The number of carbonyl (C=O) groups is 1. The largest absolute Gasteiger partial charge is 0.490 e. The molecule has 1 heterocycles. The number of carboxylic acid groups (broad SMARTS) is 1. The van der Waals surface area contributed by atoms with Gasteiger partial charge in [-0.1, -0.05) is 24.6 Å². The smallest absolute Gasteiger partial charge is 0.420 e. The zero-order valence-electron chi connectivity index (χ0n) is 20.8. The van der Waals surface area contributed by atoms with Crippen LogP contribution in [0.3, 0.4) is 0 Å². The van der Waals surface area contributed by atoms with Crippen LogP contribution in [0.15, 0.2) is 30.3 Å². The van der Waals surface area contributed by atoms with E-state index in [4.69, 9.17) is 4.74 Å². The van der Waals surface area contributed by atoms with E-state index in [1.807, 2.05) is 0 Å². The molecule has 10 heteroatoms. The normalized spacial score (nSPS) is 28.8. The third-order valence-electron chi connectivity index (χ3n) is 8.60. The molecule has 3 fully saturated rings. The summed E-state index contributed by atoms with van der Waals surface area (Å²) in [5.41, 5.74) is -0.0621. The molecule has 0 aromatic heterocycles. The van der Waals surface area contributed by atoms with Crippen LogP contribution in [0.5, 0.6) is 5.75 Å². The molecule has 2 bridgehead atoms. The first-order valence-electron chi connectivity index (χ1n) is 13.2. The first-order valence-corrected chi connectivity index (χ1v) is 13.2. The molecular weight excluding hydrogens is 512 g/mol. The lowest BCUT2D eigenvalue weighted by Crippen LogP contribution is -2.50. The minimum atomic E-state index is -4.70. The molecule has 0 radical (unpaired) electrons. The summed E-state index contributed by atoms with van der Waals surface area (Å²) in [6.45, 7) is 1.84. The highest BCUT2D eigenvalue weighted by molar-refractivity contribution is 5.89. The number of nitrogens with zero attached hydrogens (tertiary/aromatic N) is 1. The summed E-state index contributed by atoms with van der Waals surface area (Å²) in [5.74, 6) is -2.68. The highest BCUT2D eigenvalue weighted by Gasteiger charge is 2.44. The van der Waals surface area contributed by atoms with Gasteiger partial charge in [0.05, 0.1) is 17.9 Å². The van der Waals surface area contributed by atoms with Gasteiger partial charge in [0, 0.05) is 19.6 Å². The number of alkyl halides is 6. The molecule has 0 amide bonds. The summed E-state index contributed by atoms with van der Waals surface area (Å²) >= 11 is 0. The average Bonchev–Trinajstić information content (AvgIpc) is 2.82. The Labute approximate surface area is 216 Å². The van der Waals surface area contributed by atoms with Gasteiger partial charge >= 0.3 is 18.3 Å². The van der Waals surface area contributed by atoms with Gasteiger partial charge in [0.2, 0.25) is 0 Å². The Morgan fingerprint density at radius 3 is 2.16 bits per heavy atom. The van der Waals surface area contributed by atoms with Crippen molar-refractivity contribution in [3.05, 3.63) is 41.5 Å². The Kier molecular flexibility index (Phi) is 7.30. The average molecular weight is 544 g/mol. The van der Waals surface area contributed by atoms with Crippen molar-refractivity contribution in [2.45, 2.75) is 69.9 Å². The summed E-state index contributed by atoms with van der Waals surface area (Å²) in [4.78, 5) is 13.9. The number of carboxylic acids is 1. The van der Waals surface area contributed by atoms with Gasteiger partial charge in [0.25, 0.3) is 0 Å². The second kappa shape index (κ2) is 10.2. The van der Waals surface area contributed by atoms with Gasteiger partial charge in [-0.15, -0.1) is 0 Å². The van der Waals surface area contributed by atoms with Crippen LogP contribution < -0.4 is 4.74 Å². The number of likely N-dealkylation sites (tertiary alicyclic amines) is 1. The third kappa shape index (κ3) is 5.60. The molecule has 2 aromatic carbocycles. The van der Waals surface area contributed by atoms with Gasteiger partial charge in [0.15, 0.2) is 0 Å². The van der Waals surface area contributed by atoms with E-state index in [0.29, 0.717) is 25.0 Å². The molecule has 2 atom stereocenters. The van der Waals surface area contributed by atoms with Crippen molar-refractivity contribution in [1.29, 1.82) is 0 Å². The Morgan fingerprint density at radius 2 is 1.58 bits per heavy atom. The lowest BCUT2D eigenvalue weighted by atomic mass is 9.69. The number of aliphatic carboxylic acids is 1. The zero-order chi connectivity index (χ0) is 27.2. The quantitative estimate of drug-likeness (QED) is 0.403. The van der Waals surface area contributed by atoms with E-state index in [9.17, 15) is 36.2 Å². The van der Waals surface area contributed by atoms with E-state index in [1.54, 1.807) is 18.2 Å². The minimum Gasteiger partial charge on any atom is -0.490 e. The number of hydrogen-bond acceptors (Lipinski definition) is 3. The van der Waals surface area contributed by atoms with Crippen molar-refractivity contribution >= 4 is 16.7 Å². The predicted octanol–water partition coefficient (Wildman–Crippen LogP) is 7.29. The predicted molar refractivity (Wildman–Crippen MR) is 129 cm³/mol. The molecule has 1 aliphatic heterocycles. The number of fused-ring (bicyclic) bond motifs is 3. The number of hydrogen-bond donors (Lipinski definition) is 1. The van der Waals surface area contributed by atoms with Crippen LogP contribution in [0.25, 0.3) is 10.8 Å². The summed E-state index contributed by atoms with van der Waals surface area (Å²) in [7, 11) is 0. The van der Waals surface area contributed by atoms with E-state index in [2.05, 4.69) is 4.90 Å². The van der Waals surface area contributed by atoms with E-state index in [-0.39, 0.29) is 54.6 Å². The monoisotopic (exact) mass is 543 g/mol. The lowest BCUT2D eigenvalue weighted by molar-refractivity contribution is -0.185. The molecule has 2 aliphatic carbocycles. The van der Waals surface area contributed by atoms with Crippen LogP contribution in [-0.4, -0.2) is 41.3 Å². The van der Waals surface area contributed by atoms with E-state index < -0.39 is 35.9 Å². The molecule has 2 unspecified atom stereocenters. The lowest BCUT2D eigenvalue weighted by Gasteiger charge is -2.45. The molecule has 1 saturated heterocycles. The molecule has 38 heavy (non-hydrogen) atoms. The van der Waals surface area contributed by atoms with Crippen molar-refractivity contribution in [2.75, 3.05) is 13.1 Å². The van der Waals surface area contributed by atoms with Crippen molar-refractivity contribution in [3.8, 4) is 5.75 Å². The zero-order valence-corrected chi connectivity index (χ0v) is 20.8. The summed E-state index contributed by atoms with van der Waals surface area (Å²) in [6.07, 6.45) is -7.12. The Hall–Kier alpha value is -2.49. The van der Waals surface area contributed by atoms with Crippen molar-refractivity contribution < 1.29 is 41.0 Å². The van der Waals surface area contributed by atoms with Gasteiger partial charge < -0.3 is 9.84 Å². The maximum atomic E-state index is 14.2. The molecule has 1 N–H and O–H groups in total. The maximum absolute atomic E-state index is 14.2. The topological polar surface area (TPSA) is 49.8 Å². The van der Waals surface area contributed by atoms with Crippen molar-refractivity contribution in [3.63, 3.8) is 0 Å². The second-order valence-electron chi connectivity index (χ2n) is 11.1. The number of rotatable bonds is 5. The first-order chi connectivity index (χ1) is 17.9. The SMILES string of the molecule is O=C(O)C1C2CCCC1CN(Cc1ccc3c(C(F)(F)F)c(O[C@H]4CC[C@@H](C(F)(F)F)CC4)ccc3c1)C2. The second-order valence-corrected chi connectivity index (χ2v) is 11.1. The van der Waals surface area contributed by atoms with Gasteiger partial charge in [-0.2, -0.15) is 26.3 Å². The molecule has 208 valence electrons. The minimum absolute atomic E-state index is 0.0100. The number of benzene rings is 2. The molecule has 3 aliphatic rings. The van der Waals surface area contributed by atoms with Crippen LogP contribution >= 0.6 is 0 Å². The molecule has 2 saturated carbocycles. The van der Waals surface area contributed by atoms with Gasteiger partial charge in [0.1, 0.15) is 11.3 Å². The van der Waals surface area contributed by atoms with Gasteiger partial charge in [-0.25, -0.2) is 0 Å². The highest BCUT2D eigenvalue weighted by atomic mass is 19.4. The summed E-state index contributed by atoms with van der Waals surface area (Å²) < 4.78 is 87.1. The standard InChI is InChI=1S/C28H31F6NO3/c29-27(30,31)20-6-8-21(9-7-20)38-23-11-5-17-12-16(4-10-22(17)25(23)28(32,33)34)13-35-14-18-2-1-3-19(15-35)24(18)26(36)37/h4-5,10-12,18-21,24H,1-3,6-9,13-15H2,(H,36,37)/t18?,19?,20-,21+,24?. The van der Waals surface area contributed by atoms with Crippen LogP contribution in [0, 0.1) is 23.7 Å². The van der Waals surface area contributed by atoms with Crippen molar-refractivity contribution in [1.82, 2.24) is 4.90 Å². The fourth-order valence-corrected chi connectivity index (χ4v) is 6.86. The molecular formula is C28H31F6NO3. The summed E-state index contributed by atoms with van der Waals surface area (Å²) in [6, 6.07) is 7.66. The van der Waals surface area contributed by atoms with E-state index in [1.165, 1.54) is 12.1 Å². The Morgan fingerprint density at radius 1 is 0.921 bits per heavy atom. The fraction of sp³-hybridized carbons (Fsp3) is 0.607. The van der Waals surface area contributed by atoms with E-state index in [0.717, 1.165) is 24.8 Å². The Balaban J connectivity index is 1.34. The van der Waals surface area contributed by atoms with Gasteiger partial charge in [-0.3, -0.25) is 9.69 Å². The number of halogens is 6. The van der Waals surface area contributed by atoms with E-state index >= 15 is 0 Å². The molecule has 2 aromatic rings. The fourth-order valence-electron chi connectivity index (χ4n) is 6.86. The molecule has 4 nitrogen and oxygen atoms in total. The van der Waals surface area contributed by atoms with Crippen LogP contribution in [0.2, 0.25) is 0 Å². The van der Waals surface area contributed by atoms with Crippen LogP contribution in [-0.2, 0) is 17.5 Å². The summed E-state index contributed by atoms with van der Waals surface area (Å²) in [5, 5.41) is 10.0. The highest BCUT2D eigenvalue weighted by Crippen LogP contribution is 2.45. The van der Waals surface area contributed by atoms with Crippen LogP contribution in [0.4, 0.5) is 26.3 Å². The van der Waals surface area contributed by atoms with Crippen molar-refractivity contribution in [2.24, 2.45) is 23.7 Å². The Bertz CT molecular complexity index is 1160. The first kappa shape index (κ1) is 27.1. The van der Waals surface area contributed by atoms with Gasteiger partial charge in [-0.05, 0) is 78.8 Å². The maximum Gasteiger partial charge on any atom is 0.420 e. The number of piperidine rings is 1. The third-order valence-corrected chi connectivity index (χ3v) is 8.60. The molecule has 0 spiro atoms. The molecule has 5 rings (SSSR count). The van der Waals surface area contributed by atoms with Crippen LogP contribution in [0.1, 0.15) is 56.1 Å².